The van der Waals surface area contributed by atoms with Crippen LogP contribution in [0.3, 0.4) is 0 Å². The molecular formula is C13H10Br2ClO3P. The van der Waals surface area contributed by atoms with E-state index in [1.807, 2.05) is 0 Å². The summed E-state index contributed by atoms with van der Waals surface area (Å²) >= 11 is 12.4. The molecule has 7 heteroatoms. The predicted octanol–water partition coefficient (Wildman–Crippen LogP) is 6.06. The molecule has 0 N–H and O–H groups in total. The maximum absolute atomic E-state index is 12.5. The van der Waals surface area contributed by atoms with E-state index >= 15 is 0 Å². The minimum absolute atomic E-state index is 0.237. The molecular weight excluding hydrogens is 430 g/mol. The third kappa shape index (κ3) is 4.52. The average Bonchev–Trinajstić information content (AvgIpc) is 2.44. The van der Waals surface area contributed by atoms with E-state index < -0.39 is 7.60 Å². The molecule has 0 spiro atoms. The van der Waals surface area contributed by atoms with Crippen LogP contribution in [-0.4, -0.2) is 5.62 Å². The van der Waals surface area contributed by atoms with Crippen molar-refractivity contribution in [2.24, 2.45) is 0 Å². The van der Waals surface area contributed by atoms with Gasteiger partial charge in [0.2, 0.25) is 0 Å². The Hall–Kier alpha value is -0.480. The first kappa shape index (κ1) is 15.9. The van der Waals surface area contributed by atoms with Crippen LogP contribution in [0.25, 0.3) is 0 Å². The van der Waals surface area contributed by atoms with Gasteiger partial charge in [0.25, 0.3) is 0 Å². The first-order valence-electron chi connectivity index (χ1n) is 5.56. The molecule has 0 aliphatic heterocycles. The van der Waals surface area contributed by atoms with Crippen molar-refractivity contribution < 1.29 is 13.6 Å². The molecule has 2 aromatic rings. The van der Waals surface area contributed by atoms with Gasteiger partial charge in [-0.1, -0.05) is 31.9 Å². The summed E-state index contributed by atoms with van der Waals surface area (Å²) in [7, 11) is -3.44. The summed E-state index contributed by atoms with van der Waals surface area (Å²) < 4.78 is 25.1. The molecule has 0 atom stereocenters. The van der Waals surface area contributed by atoms with Crippen LogP contribution in [0.15, 0.2) is 57.5 Å². The molecule has 0 fully saturated rings. The minimum atomic E-state index is -3.44. The third-order valence-electron chi connectivity index (χ3n) is 2.26. The fourth-order valence-corrected chi connectivity index (χ4v) is 3.22. The van der Waals surface area contributed by atoms with Gasteiger partial charge in [-0.2, -0.15) is 0 Å². The third-order valence-corrected chi connectivity index (χ3v) is 5.47. The second kappa shape index (κ2) is 6.99. The van der Waals surface area contributed by atoms with Gasteiger partial charge in [0.15, 0.2) is 0 Å². The molecule has 0 aliphatic carbocycles. The largest absolute Gasteiger partial charge is 0.445 e. The van der Waals surface area contributed by atoms with Crippen LogP contribution in [0.1, 0.15) is 0 Å². The van der Waals surface area contributed by atoms with Gasteiger partial charge >= 0.3 is 7.60 Å². The smallest absolute Gasteiger partial charge is 0.415 e. The van der Waals surface area contributed by atoms with Crippen molar-refractivity contribution in [3.8, 4) is 11.5 Å². The molecule has 2 aromatic carbocycles. The second-order valence-corrected chi connectivity index (χ2v) is 8.20. The Labute approximate surface area is 139 Å². The molecule has 20 heavy (non-hydrogen) atoms. The first-order valence-corrected chi connectivity index (χ1v) is 9.41. The van der Waals surface area contributed by atoms with Crippen molar-refractivity contribution in [1.82, 2.24) is 0 Å². The fraction of sp³-hybridized carbons (Fsp3) is 0.0769. The standard InChI is InChI=1S/C13H10Br2ClO3P/c14-10-1-5-12(6-2-10)18-20(17,9-16)19-13-7-3-11(15)4-8-13/h1-8H,9H2. The van der Waals surface area contributed by atoms with Crippen molar-refractivity contribution in [2.75, 3.05) is 5.62 Å². The summed E-state index contributed by atoms with van der Waals surface area (Å²) in [4.78, 5) is 0. The van der Waals surface area contributed by atoms with E-state index in [1.165, 1.54) is 0 Å². The lowest BCUT2D eigenvalue weighted by atomic mass is 10.3. The van der Waals surface area contributed by atoms with Gasteiger partial charge < -0.3 is 9.05 Å². The van der Waals surface area contributed by atoms with Crippen LogP contribution in [0, 0.1) is 0 Å². The lowest BCUT2D eigenvalue weighted by Gasteiger charge is -2.18. The Morgan fingerprint density at radius 1 is 0.850 bits per heavy atom. The van der Waals surface area contributed by atoms with Crippen molar-refractivity contribution in [2.45, 2.75) is 0 Å². The highest BCUT2D eigenvalue weighted by Crippen LogP contribution is 2.49. The molecule has 0 aliphatic rings. The van der Waals surface area contributed by atoms with Gasteiger partial charge in [0, 0.05) is 8.95 Å². The molecule has 0 unspecified atom stereocenters. The molecule has 0 saturated heterocycles. The molecule has 0 bridgehead atoms. The van der Waals surface area contributed by atoms with Crippen LogP contribution in [0.2, 0.25) is 0 Å². The van der Waals surface area contributed by atoms with Crippen LogP contribution in [0.4, 0.5) is 0 Å². The molecule has 106 valence electrons. The maximum Gasteiger partial charge on any atom is 0.445 e. The Bertz CT molecular complexity index is 565. The number of halogens is 3. The first-order chi connectivity index (χ1) is 9.50. The zero-order valence-electron chi connectivity index (χ0n) is 10.1. The SMILES string of the molecule is O=P(CCl)(Oc1ccc(Br)cc1)Oc1ccc(Br)cc1. The normalized spacial score (nSPS) is 11.2. The highest BCUT2D eigenvalue weighted by Gasteiger charge is 2.27. The molecule has 3 nitrogen and oxygen atoms in total. The van der Waals surface area contributed by atoms with Gasteiger partial charge in [-0.3, -0.25) is 0 Å². The van der Waals surface area contributed by atoms with Gasteiger partial charge in [-0.05, 0) is 48.5 Å². The van der Waals surface area contributed by atoms with Crippen molar-refractivity contribution in [3.63, 3.8) is 0 Å². The number of benzene rings is 2. The van der Waals surface area contributed by atoms with Crippen LogP contribution >= 0.6 is 51.1 Å². The summed E-state index contributed by atoms with van der Waals surface area (Å²) in [5.41, 5.74) is -0.237. The van der Waals surface area contributed by atoms with Crippen molar-refractivity contribution >= 4 is 51.1 Å². The zero-order valence-corrected chi connectivity index (χ0v) is 15.0. The Morgan fingerprint density at radius 2 is 1.20 bits per heavy atom. The van der Waals surface area contributed by atoms with E-state index in [-0.39, 0.29) is 5.62 Å². The number of rotatable bonds is 5. The Morgan fingerprint density at radius 3 is 1.50 bits per heavy atom. The molecule has 0 aromatic heterocycles. The molecule has 0 amide bonds. The monoisotopic (exact) mass is 438 g/mol. The lowest BCUT2D eigenvalue weighted by Crippen LogP contribution is -2.02. The van der Waals surface area contributed by atoms with Gasteiger partial charge in [0.05, 0.1) is 0 Å². The Balaban J connectivity index is 2.14. The number of alkyl halides is 1. The van der Waals surface area contributed by atoms with Gasteiger partial charge in [-0.15, -0.1) is 11.6 Å². The fourth-order valence-electron chi connectivity index (χ4n) is 1.38. The van der Waals surface area contributed by atoms with Gasteiger partial charge in [-0.25, -0.2) is 4.57 Å². The number of hydrogen-bond donors (Lipinski definition) is 0. The summed E-state index contributed by atoms with van der Waals surface area (Å²) in [5, 5.41) is 0. The predicted molar refractivity (Wildman–Crippen MR) is 87.9 cm³/mol. The van der Waals surface area contributed by atoms with E-state index in [2.05, 4.69) is 31.9 Å². The Kier molecular flexibility index (Phi) is 5.56. The topological polar surface area (TPSA) is 35.5 Å². The van der Waals surface area contributed by atoms with Crippen LogP contribution in [-0.2, 0) is 4.57 Å². The van der Waals surface area contributed by atoms with E-state index in [4.69, 9.17) is 20.6 Å². The summed E-state index contributed by atoms with van der Waals surface area (Å²) in [6.45, 7) is 0. The van der Waals surface area contributed by atoms with E-state index in [9.17, 15) is 4.57 Å². The van der Waals surface area contributed by atoms with Crippen molar-refractivity contribution in [1.29, 1.82) is 0 Å². The average molecular weight is 440 g/mol. The molecule has 0 heterocycles. The highest BCUT2D eigenvalue weighted by molar-refractivity contribution is 9.10. The quantitative estimate of drug-likeness (QED) is 0.419. The van der Waals surface area contributed by atoms with Crippen LogP contribution < -0.4 is 9.05 Å². The molecule has 0 radical (unpaired) electrons. The zero-order chi connectivity index (χ0) is 14.6. The summed E-state index contributed by atoms with van der Waals surface area (Å²) in [6.07, 6.45) is 0. The van der Waals surface area contributed by atoms with E-state index in [1.54, 1.807) is 48.5 Å². The van der Waals surface area contributed by atoms with E-state index in [0.717, 1.165) is 8.95 Å². The molecule has 0 saturated carbocycles. The van der Waals surface area contributed by atoms with E-state index in [0.29, 0.717) is 11.5 Å². The summed E-state index contributed by atoms with van der Waals surface area (Å²) in [5.74, 6) is 0.878. The van der Waals surface area contributed by atoms with Gasteiger partial charge in [0.1, 0.15) is 17.1 Å². The van der Waals surface area contributed by atoms with Crippen LogP contribution in [0.5, 0.6) is 11.5 Å². The van der Waals surface area contributed by atoms with Crippen molar-refractivity contribution in [3.05, 3.63) is 57.5 Å². The molecule has 2 rings (SSSR count). The number of hydrogen-bond acceptors (Lipinski definition) is 3. The minimum Gasteiger partial charge on any atom is -0.415 e. The second-order valence-electron chi connectivity index (χ2n) is 3.82. The maximum atomic E-state index is 12.5. The lowest BCUT2D eigenvalue weighted by molar-refractivity contribution is 0.391. The summed E-state index contributed by atoms with van der Waals surface area (Å²) in [6, 6.07) is 13.9. The highest BCUT2D eigenvalue weighted by atomic mass is 79.9.